The van der Waals surface area contributed by atoms with Crippen molar-refractivity contribution in [3.8, 4) is 0 Å². The molecule has 6 heteroatoms. The number of urea groups is 1. The number of furan rings is 1. The number of hydrogen-bond acceptors (Lipinski definition) is 4. The predicted molar refractivity (Wildman–Crippen MR) is 87.1 cm³/mol. The van der Waals surface area contributed by atoms with E-state index in [0.29, 0.717) is 13.2 Å². The van der Waals surface area contributed by atoms with Crippen LogP contribution in [0.15, 0.2) is 22.8 Å². The molecule has 1 aromatic rings. The zero-order chi connectivity index (χ0) is 16.3. The quantitative estimate of drug-likeness (QED) is 0.924. The van der Waals surface area contributed by atoms with Crippen LogP contribution in [0.25, 0.3) is 0 Å². The largest absolute Gasteiger partial charge is 0.468 e. The molecule has 2 aliphatic heterocycles. The van der Waals surface area contributed by atoms with Crippen LogP contribution in [-0.2, 0) is 11.3 Å². The molecule has 128 valence electrons. The average Bonchev–Trinajstić information content (AvgIpc) is 3.07. The summed E-state index contributed by atoms with van der Waals surface area (Å²) in [6.45, 7) is 9.54. The van der Waals surface area contributed by atoms with Crippen molar-refractivity contribution in [3.05, 3.63) is 24.2 Å². The summed E-state index contributed by atoms with van der Waals surface area (Å²) in [4.78, 5) is 16.7. The first-order chi connectivity index (χ1) is 11.1. The van der Waals surface area contributed by atoms with Gasteiger partial charge in [-0.15, -0.1) is 0 Å². The Morgan fingerprint density at radius 2 is 2.26 bits per heavy atom. The number of nitrogens with zero attached hydrogens (tertiary/aromatic N) is 2. The molecule has 3 rings (SSSR count). The third kappa shape index (κ3) is 4.06. The van der Waals surface area contributed by atoms with Gasteiger partial charge in [-0.25, -0.2) is 4.79 Å². The van der Waals surface area contributed by atoms with Crippen LogP contribution < -0.4 is 5.32 Å². The SMILES string of the molecule is CC(C)NC(=O)N1CCOC[C@@]2(CCN(Cc3ccco3)C2)C1. The van der Waals surface area contributed by atoms with E-state index in [-0.39, 0.29) is 17.5 Å². The van der Waals surface area contributed by atoms with Crippen molar-refractivity contribution in [2.24, 2.45) is 5.41 Å². The second-order valence-electron chi connectivity index (χ2n) is 7.12. The summed E-state index contributed by atoms with van der Waals surface area (Å²) in [7, 11) is 0. The Labute approximate surface area is 137 Å². The topological polar surface area (TPSA) is 58.0 Å². The van der Waals surface area contributed by atoms with E-state index in [1.807, 2.05) is 30.9 Å². The van der Waals surface area contributed by atoms with Crippen LogP contribution in [0.3, 0.4) is 0 Å². The number of carbonyl (C=O) groups is 1. The van der Waals surface area contributed by atoms with Crippen molar-refractivity contribution < 1.29 is 13.9 Å². The number of likely N-dealkylation sites (tertiary alicyclic amines) is 1. The number of hydrogen-bond donors (Lipinski definition) is 1. The van der Waals surface area contributed by atoms with Crippen LogP contribution >= 0.6 is 0 Å². The molecule has 3 heterocycles. The van der Waals surface area contributed by atoms with E-state index in [1.165, 1.54) is 0 Å². The predicted octanol–water partition coefficient (Wildman–Crippen LogP) is 1.92. The zero-order valence-corrected chi connectivity index (χ0v) is 14.1. The molecule has 6 nitrogen and oxygen atoms in total. The van der Waals surface area contributed by atoms with Gasteiger partial charge in [-0.3, -0.25) is 4.90 Å². The lowest BCUT2D eigenvalue weighted by molar-refractivity contribution is 0.0709. The van der Waals surface area contributed by atoms with Crippen molar-refractivity contribution in [1.82, 2.24) is 15.1 Å². The summed E-state index contributed by atoms with van der Waals surface area (Å²) >= 11 is 0. The highest BCUT2D eigenvalue weighted by Crippen LogP contribution is 2.34. The molecule has 2 saturated heterocycles. The van der Waals surface area contributed by atoms with Gasteiger partial charge in [-0.05, 0) is 38.9 Å². The standard InChI is InChI=1S/C17H27N3O3/c1-14(2)18-16(21)20-7-9-22-13-17(12-20)5-6-19(11-17)10-15-4-3-8-23-15/h3-4,8,14H,5-7,9-13H2,1-2H3,(H,18,21)/t17-/m1/s1. The highest BCUT2D eigenvalue weighted by Gasteiger charge is 2.42. The maximum Gasteiger partial charge on any atom is 0.317 e. The summed E-state index contributed by atoms with van der Waals surface area (Å²) < 4.78 is 11.3. The van der Waals surface area contributed by atoms with Gasteiger partial charge in [0.1, 0.15) is 5.76 Å². The van der Waals surface area contributed by atoms with Crippen LogP contribution in [0, 0.1) is 5.41 Å². The Hall–Kier alpha value is -1.53. The van der Waals surface area contributed by atoms with Gasteiger partial charge < -0.3 is 19.4 Å². The second kappa shape index (κ2) is 6.93. The maximum absolute atomic E-state index is 12.4. The molecule has 1 aromatic heterocycles. The van der Waals surface area contributed by atoms with Crippen LogP contribution in [0.5, 0.6) is 0 Å². The van der Waals surface area contributed by atoms with Crippen molar-refractivity contribution in [1.29, 1.82) is 0 Å². The Morgan fingerprint density at radius 1 is 1.39 bits per heavy atom. The molecule has 0 aliphatic carbocycles. The van der Waals surface area contributed by atoms with E-state index in [2.05, 4.69) is 10.2 Å². The highest BCUT2D eigenvalue weighted by molar-refractivity contribution is 5.74. The molecule has 0 radical (unpaired) electrons. The van der Waals surface area contributed by atoms with Crippen LogP contribution in [0.4, 0.5) is 4.79 Å². The third-order valence-corrected chi connectivity index (χ3v) is 4.62. The molecule has 1 N–H and O–H groups in total. The fourth-order valence-electron chi connectivity index (χ4n) is 3.54. The summed E-state index contributed by atoms with van der Waals surface area (Å²) in [6.07, 6.45) is 2.77. The van der Waals surface area contributed by atoms with Crippen LogP contribution in [0.2, 0.25) is 0 Å². The Morgan fingerprint density at radius 3 is 3.00 bits per heavy atom. The lowest BCUT2D eigenvalue weighted by Crippen LogP contribution is -2.48. The van der Waals surface area contributed by atoms with Crippen molar-refractivity contribution in [2.45, 2.75) is 32.9 Å². The van der Waals surface area contributed by atoms with E-state index in [1.54, 1.807) is 6.26 Å². The first-order valence-corrected chi connectivity index (χ1v) is 8.44. The Kier molecular flexibility index (Phi) is 4.92. The van der Waals surface area contributed by atoms with Crippen molar-refractivity contribution in [2.75, 3.05) is 39.4 Å². The Balaban J connectivity index is 1.62. The van der Waals surface area contributed by atoms with E-state index >= 15 is 0 Å². The molecule has 2 amide bonds. The molecule has 1 spiro atoms. The minimum atomic E-state index is 0.0226. The van der Waals surface area contributed by atoms with Gasteiger partial charge in [0.15, 0.2) is 0 Å². The van der Waals surface area contributed by atoms with Gasteiger partial charge >= 0.3 is 6.03 Å². The van der Waals surface area contributed by atoms with Gasteiger partial charge in [-0.2, -0.15) is 0 Å². The Bertz CT molecular complexity index is 517. The van der Waals surface area contributed by atoms with Crippen molar-refractivity contribution in [3.63, 3.8) is 0 Å². The number of amides is 2. The van der Waals surface area contributed by atoms with Gasteiger partial charge in [0, 0.05) is 31.1 Å². The van der Waals surface area contributed by atoms with Gasteiger partial charge in [-0.1, -0.05) is 0 Å². The molecule has 2 fully saturated rings. The number of carbonyl (C=O) groups excluding carboxylic acids is 1. The number of ether oxygens (including phenoxy) is 1. The van der Waals surface area contributed by atoms with Gasteiger partial charge in [0.05, 0.1) is 26.0 Å². The molecule has 0 aromatic carbocycles. The fraction of sp³-hybridized carbons (Fsp3) is 0.706. The highest BCUT2D eigenvalue weighted by atomic mass is 16.5. The first kappa shape index (κ1) is 16.3. The molecule has 0 bridgehead atoms. The molecular weight excluding hydrogens is 294 g/mol. The maximum atomic E-state index is 12.4. The molecule has 1 atom stereocenters. The molecule has 0 unspecified atom stereocenters. The molecular formula is C17H27N3O3. The van der Waals surface area contributed by atoms with Gasteiger partial charge in [0.25, 0.3) is 0 Å². The van der Waals surface area contributed by atoms with Gasteiger partial charge in [0.2, 0.25) is 0 Å². The second-order valence-corrected chi connectivity index (χ2v) is 7.12. The third-order valence-electron chi connectivity index (χ3n) is 4.62. The van der Waals surface area contributed by atoms with Crippen LogP contribution in [0.1, 0.15) is 26.0 Å². The van der Waals surface area contributed by atoms with E-state index in [0.717, 1.165) is 45.0 Å². The molecule has 0 saturated carbocycles. The lowest BCUT2D eigenvalue weighted by atomic mass is 9.87. The van der Waals surface area contributed by atoms with E-state index in [4.69, 9.17) is 9.15 Å². The smallest absolute Gasteiger partial charge is 0.317 e. The summed E-state index contributed by atoms with van der Waals surface area (Å²) in [5.74, 6) is 0.992. The normalized spacial score (nSPS) is 26.0. The van der Waals surface area contributed by atoms with Crippen LogP contribution in [-0.4, -0.2) is 61.3 Å². The monoisotopic (exact) mass is 321 g/mol. The summed E-state index contributed by atoms with van der Waals surface area (Å²) in [5.41, 5.74) is 0.0391. The zero-order valence-electron chi connectivity index (χ0n) is 14.1. The fourth-order valence-corrected chi connectivity index (χ4v) is 3.54. The van der Waals surface area contributed by atoms with E-state index in [9.17, 15) is 4.79 Å². The number of nitrogens with one attached hydrogen (secondary N) is 1. The summed E-state index contributed by atoms with van der Waals surface area (Å²) in [5, 5.41) is 3.00. The van der Waals surface area contributed by atoms with Crippen molar-refractivity contribution >= 4 is 6.03 Å². The lowest BCUT2D eigenvalue weighted by Gasteiger charge is -2.32. The first-order valence-electron chi connectivity index (χ1n) is 8.44. The van der Waals surface area contributed by atoms with E-state index < -0.39 is 0 Å². The molecule has 2 aliphatic rings. The average molecular weight is 321 g/mol. The minimum Gasteiger partial charge on any atom is -0.468 e. The summed E-state index contributed by atoms with van der Waals surface area (Å²) in [6, 6.07) is 4.11. The minimum absolute atomic E-state index is 0.0226. The molecule has 23 heavy (non-hydrogen) atoms. The number of rotatable bonds is 3.